The second kappa shape index (κ2) is 2.38. The number of aliphatic imine (C=N–C) groups is 1. The molecule has 0 amide bonds. The Morgan fingerprint density at radius 3 is 2.58 bits per heavy atom. The average Bonchev–Trinajstić information content (AvgIpc) is 2.30. The molecule has 1 unspecified atom stereocenters. The van der Waals surface area contributed by atoms with Crippen molar-refractivity contribution in [2.45, 2.75) is 26.8 Å². The molecule has 2 aliphatic rings. The van der Waals surface area contributed by atoms with Crippen LogP contribution in [0.5, 0.6) is 0 Å². The van der Waals surface area contributed by atoms with Crippen molar-refractivity contribution < 1.29 is 0 Å². The molecule has 2 heterocycles. The van der Waals surface area contributed by atoms with Crippen LogP contribution in [0, 0.1) is 5.41 Å². The predicted octanol–water partition coefficient (Wildman–Crippen LogP) is 0.676. The normalized spacial score (nSPS) is 32.4. The minimum Gasteiger partial charge on any atom is -0.352 e. The van der Waals surface area contributed by atoms with Crippen molar-refractivity contribution in [1.82, 2.24) is 10.2 Å². The summed E-state index contributed by atoms with van der Waals surface area (Å²) in [5.41, 5.74) is 0.496. The average molecular weight is 167 g/mol. The SMILES string of the molecule is CC1CN=C(N2CC(C)(C)C2)N1. The highest BCUT2D eigenvalue weighted by Crippen LogP contribution is 2.28. The summed E-state index contributed by atoms with van der Waals surface area (Å²) < 4.78 is 0. The van der Waals surface area contributed by atoms with E-state index in [1.807, 2.05) is 0 Å². The molecular formula is C9H17N3. The molecule has 1 atom stereocenters. The fraction of sp³-hybridized carbons (Fsp3) is 0.889. The van der Waals surface area contributed by atoms with E-state index in [-0.39, 0.29) is 0 Å². The lowest BCUT2D eigenvalue weighted by atomic mass is 9.85. The number of likely N-dealkylation sites (tertiary alicyclic amines) is 1. The first-order valence-electron chi connectivity index (χ1n) is 4.63. The van der Waals surface area contributed by atoms with Gasteiger partial charge < -0.3 is 10.2 Å². The molecule has 0 aliphatic carbocycles. The molecule has 0 aromatic heterocycles. The summed E-state index contributed by atoms with van der Waals surface area (Å²) in [6, 6.07) is 0.531. The Morgan fingerprint density at radius 2 is 2.17 bits per heavy atom. The highest BCUT2D eigenvalue weighted by molar-refractivity contribution is 5.82. The van der Waals surface area contributed by atoms with Gasteiger partial charge in [0.15, 0.2) is 5.96 Å². The summed E-state index contributed by atoms with van der Waals surface area (Å²) in [5, 5.41) is 3.37. The number of rotatable bonds is 0. The van der Waals surface area contributed by atoms with Gasteiger partial charge in [0, 0.05) is 19.1 Å². The minimum absolute atomic E-state index is 0.496. The zero-order valence-electron chi connectivity index (χ0n) is 8.09. The molecule has 3 nitrogen and oxygen atoms in total. The zero-order chi connectivity index (χ0) is 8.77. The maximum Gasteiger partial charge on any atom is 0.194 e. The van der Waals surface area contributed by atoms with Gasteiger partial charge in [-0.15, -0.1) is 0 Å². The van der Waals surface area contributed by atoms with E-state index in [1.54, 1.807) is 0 Å². The van der Waals surface area contributed by atoms with Crippen molar-refractivity contribution in [3.05, 3.63) is 0 Å². The first-order valence-corrected chi connectivity index (χ1v) is 4.63. The fourth-order valence-electron chi connectivity index (χ4n) is 1.86. The van der Waals surface area contributed by atoms with E-state index < -0.39 is 0 Å². The monoisotopic (exact) mass is 167 g/mol. The van der Waals surface area contributed by atoms with E-state index in [0.717, 1.165) is 25.6 Å². The molecular weight excluding hydrogens is 150 g/mol. The van der Waals surface area contributed by atoms with Gasteiger partial charge in [-0.3, -0.25) is 4.99 Å². The summed E-state index contributed by atoms with van der Waals surface area (Å²) >= 11 is 0. The third-order valence-electron chi connectivity index (χ3n) is 2.43. The largest absolute Gasteiger partial charge is 0.352 e. The molecule has 1 saturated heterocycles. The van der Waals surface area contributed by atoms with Crippen LogP contribution in [0.3, 0.4) is 0 Å². The van der Waals surface area contributed by atoms with Gasteiger partial charge in [-0.05, 0) is 12.3 Å². The molecule has 0 saturated carbocycles. The first-order chi connectivity index (χ1) is 5.57. The summed E-state index contributed by atoms with van der Waals surface area (Å²) in [6.07, 6.45) is 0. The fourth-order valence-corrected chi connectivity index (χ4v) is 1.86. The van der Waals surface area contributed by atoms with Gasteiger partial charge in [0.05, 0.1) is 6.54 Å². The van der Waals surface area contributed by atoms with Crippen molar-refractivity contribution in [3.8, 4) is 0 Å². The third-order valence-corrected chi connectivity index (χ3v) is 2.43. The van der Waals surface area contributed by atoms with E-state index >= 15 is 0 Å². The van der Waals surface area contributed by atoms with Gasteiger partial charge in [-0.2, -0.15) is 0 Å². The molecule has 1 N–H and O–H groups in total. The Bertz CT molecular complexity index is 212. The predicted molar refractivity (Wildman–Crippen MR) is 50.3 cm³/mol. The standard InChI is InChI=1S/C9H17N3/c1-7-4-10-8(11-7)12-5-9(2,3)6-12/h7H,4-6H2,1-3H3,(H,10,11). The lowest BCUT2D eigenvalue weighted by molar-refractivity contribution is 0.0954. The van der Waals surface area contributed by atoms with Crippen LogP contribution in [0.4, 0.5) is 0 Å². The summed E-state index contributed by atoms with van der Waals surface area (Å²) in [6.45, 7) is 9.98. The van der Waals surface area contributed by atoms with Gasteiger partial charge in [-0.1, -0.05) is 13.8 Å². The van der Waals surface area contributed by atoms with E-state index in [2.05, 4.69) is 36.0 Å². The minimum atomic E-state index is 0.496. The third kappa shape index (κ3) is 1.28. The molecule has 0 spiro atoms. The molecule has 0 aromatic carbocycles. The van der Waals surface area contributed by atoms with E-state index in [9.17, 15) is 0 Å². The zero-order valence-corrected chi connectivity index (χ0v) is 8.09. The summed E-state index contributed by atoms with van der Waals surface area (Å²) in [5.74, 6) is 1.11. The lowest BCUT2D eigenvalue weighted by Crippen LogP contribution is -2.58. The number of nitrogens with zero attached hydrogens (tertiary/aromatic N) is 2. The molecule has 2 rings (SSSR count). The highest BCUT2D eigenvalue weighted by atomic mass is 15.4. The Morgan fingerprint density at radius 1 is 1.50 bits per heavy atom. The number of guanidine groups is 1. The smallest absolute Gasteiger partial charge is 0.194 e. The summed E-state index contributed by atoms with van der Waals surface area (Å²) in [4.78, 5) is 6.76. The van der Waals surface area contributed by atoms with Crippen molar-refractivity contribution in [1.29, 1.82) is 0 Å². The van der Waals surface area contributed by atoms with Gasteiger partial charge in [0.1, 0.15) is 0 Å². The molecule has 0 bridgehead atoms. The van der Waals surface area contributed by atoms with Crippen LogP contribution in [-0.4, -0.2) is 36.5 Å². The highest BCUT2D eigenvalue weighted by Gasteiger charge is 2.37. The maximum atomic E-state index is 4.44. The van der Waals surface area contributed by atoms with Crippen molar-refractivity contribution >= 4 is 5.96 Å². The quantitative estimate of drug-likeness (QED) is 0.574. The van der Waals surface area contributed by atoms with E-state index in [0.29, 0.717) is 11.5 Å². The molecule has 1 fully saturated rings. The number of nitrogens with one attached hydrogen (secondary N) is 1. The number of hydrogen-bond donors (Lipinski definition) is 1. The van der Waals surface area contributed by atoms with E-state index in [4.69, 9.17) is 0 Å². The van der Waals surface area contributed by atoms with Gasteiger partial charge >= 0.3 is 0 Å². The van der Waals surface area contributed by atoms with Gasteiger partial charge in [0.2, 0.25) is 0 Å². The summed E-state index contributed by atoms with van der Waals surface area (Å²) in [7, 11) is 0. The van der Waals surface area contributed by atoms with Crippen LogP contribution < -0.4 is 5.32 Å². The van der Waals surface area contributed by atoms with Crippen LogP contribution in [0.2, 0.25) is 0 Å². The topological polar surface area (TPSA) is 27.6 Å². The van der Waals surface area contributed by atoms with Crippen molar-refractivity contribution in [2.75, 3.05) is 19.6 Å². The number of hydrogen-bond acceptors (Lipinski definition) is 3. The molecule has 0 aromatic rings. The molecule has 68 valence electrons. The Hall–Kier alpha value is -0.730. The van der Waals surface area contributed by atoms with Crippen LogP contribution in [0.15, 0.2) is 4.99 Å². The molecule has 2 aliphatic heterocycles. The van der Waals surface area contributed by atoms with Gasteiger partial charge in [0.25, 0.3) is 0 Å². The second-order valence-corrected chi connectivity index (χ2v) is 4.73. The van der Waals surface area contributed by atoms with Crippen molar-refractivity contribution in [3.63, 3.8) is 0 Å². The van der Waals surface area contributed by atoms with Crippen LogP contribution >= 0.6 is 0 Å². The Balaban J connectivity index is 1.89. The van der Waals surface area contributed by atoms with E-state index in [1.165, 1.54) is 0 Å². The van der Waals surface area contributed by atoms with Crippen LogP contribution in [-0.2, 0) is 0 Å². The Kier molecular flexibility index (Phi) is 1.56. The first kappa shape index (κ1) is 7.90. The van der Waals surface area contributed by atoms with Gasteiger partial charge in [-0.25, -0.2) is 0 Å². The van der Waals surface area contributed by atoms with Crippen LogP contribution in [0.1, 0.15) is 20.8 Å². The van der Waals surface area contributed by atoms with Crippen LogP contribution in [0.25, 0.3) is 0 Å². The Labute approximate surface area is 73.9 Å². The molecule has 0 radical (unpaired) electrons. The molecule has 12 heavy (non-hydrogen) atoms. The lowest BCUT2D eigenvalue weighted by Gasteiger charge is -2.46. The second-order valence-electron chi connectivity index (χ2n) is 4.73. The maximum absolute atomic E-state index is 4.44. The molecule has 3 heteroatoms. The van der Waals surface area contributed by atoms with Crippen molar-refractivity contribution in [2.24, 2.45) is 10.4 Å².